The molecule has 14 heteroatoms. The monoisotopic (exact) mass is 650 g/mol. The minimum atomic E-state index is -1.51. The average molecular weight is 651 g/mol. The maximum absolute atomic E-state index is 15.6. The van der Waals surface area contributed by atoms with E-state index < -0.39 is 51.7 Å². The van der Waals surface area contributed by atoms with Crippen molar-refractivity contribution in [2.75, 3.05) is 62.2 Å². The van der Waals surface area contributed by atoms with Crippen molar-refractivity contribution in [3.05, 3.63) is 79.9 Å². The van der Waals surface area contributed by atoms with Gasteiger partial charge >= 0.3 is 11.9 Å². The van der Waals surface area contributed by atoms with E-state index in [1.165, 1.54) is 24.5 Å². The molecule has 2 fully saturated rings. The van der Waals surface area contributed by atoms with E-state index in [4.69, 9.17) is 0 Å². The van der Waals surface area contributed by atoms with E-state index in [0.29, 0.717) is 71.6 Å². The zero-order valence-corrected chi connectivity index (χ0v) is 25.9. The third kappa shape index (κ3) is 5.94. The third-order valence-corrected chi connectivity index (χ3v) is 9.04. The summed E-state index contributed by atoms with van der Waals surface area (Å²) < 4.78 is 34.3. The number of carboxylic acids is 2. The molecule has 0 radical (unpaired) electrons. The lowest BCUT2D eigenvalue weighted by Gasteiger charge is -2.32. The molecule has 2 aromatic carbocycles. The van der Waals surface area contributed by atoms with E-state index in [2.05, 4.69) is 10.6 Å². The van der Waals surface area contributed by atoms with Crippen LogP contribution in [0.25, 0.3) is 21.8 Å². The van der Waals surface area contributed by atoms with Gasteiger partial charge in [0.15, 0.2) is 0 Å². The molecule has 47 heavy (non-hydrogen) atoms. The molecule has 2 aromatic heterocycles. The predicted octanol–water partition coefficient (Wildman–Crippen LogP) is 3.05. The number of rotatable bonds is 9. The minimum absolute atomic E-state index is 0.154. The van der Waals surface area contributed by atoms with E-state index >= 15 is 8.78 Å². The number of hydrogen-bond acceptors (Lipinski definition) is 8. The van der Waals surface area contributed by atoms with Crippen molar-refractivity contribution < 1.29 is 28.6 Å². The number of pyridine rings is 2. The van der Waals surface area contributed by atoms with Crippen molar-refractivity contribution in [1.29, 1.82) is 0 Å². The number of halogens is 2. The number of benzene rings is 2. The number of unbranched alkanes of at least 4 members (excludes halogenated alkanes) is 1. The number of aromatic nitrogens is 2. The second kappa shape index (κ2) is 13.1. The van der Waals surface area contributed by atoms with Crippen LogP contribution in [0.15, 0.2) is 46.2 Å². The first-order chi connectivity index (χ1) is 22.6. The smallest absolute Gasteiger partial charge is 0.341 e. The lowest BCUT2D eigenvalue weighted by Crippen LogP contribution is -2.44. The van der Waals surface area contributed by atoms with Crippen molar-refractivity contribution in [2.24, 2.45) is 0 Å². The standard InChI is InChI=1S/C33H36F2N6O6/c1-2-3-4-29(40-17-21(32(44)45)30(42)19-13-23(34)27(15-25(19)40)38-9-5-36-6-10-38)41-18-22(33(46)47)31(43)20-14-24(35)28(16-26(20)41)39-11-7-37-8-12-39/h13-18,29,36-37H,2-12H2,1H3,(H,44,45)(H,46,47). The average Bonchev–Trinajstić information content (AvgIpc) is 3.06. The van der Waals surface area contributed by atoms with E-state index in [9.17, 15) is 29.4 Å². The molecule has 6 rings (SSSR count). The molecular formula is C33H36F2N6O6. The second-order valence-corrected chi connectivity index (χ2v) is 11.9. The Morgan fingerprint density at radius 2 is 1.15 bits per heavy atom. The Labute approximate surface area is 267 Å². The normalized spacial score (nSPS) is 15.6. The highest BCUT2D eigenvalue weighted by atomic mass is 19.1. The molecule has 2 saturated heterocycles. The van der Waals surface area contributed by atoms with Gasteiger partial charge in [-0.15, -0.1) is 0 Å². The number of carboxylic acid groups (broad SMARTS) is 2. The van der Waals surface area contributed by atoms with Crippen molar-refractivity contribution in [2.45, 2.75) is 32.4 Å². The number of nitrogens with zero attached hydrogens (tertiary/aromatic N) is 4. The first-order valence-corrected chi connectivity index (χ1v) is 15.8. The molecule has 4 aromatic rings. The van der Waals surface area contributed by atoms with Gasteiger partial charge in [-0.25, -0.2) is 18.4 Å². The molecule has 0 bridgehead atoms. The van der Waals surface area contributed by atoms with Crippen LogP contribution in [0.3, 0.4) is 0 Å². The quantitative estimate of drug-likeness (QED) is 0.213. The fourth-order valence-electron chi connectivity index (χ4n) is 6.61. The Morgan fingerprint density at radius 1 is 0.745 bits per heavy atom. The summed E-state index contributed by atoms with van der Waals surface area (Å²) in [6, 6.07) is 5.16. The first-order valence-electron chi connectivity index (χ1n) is 15.8. The molecule has 4 heterocycles. The van der Waals surface area contributed by atoms with E-state index in [-0.39, 0.29) is 33.2 Å². The van der Waals surface area contributed by atoms with Gasteiger partial charge < -0.3 is 39.8 Å². The van der Waals surface area contributed by atoms with Crippen LogP contribution in [0.4, 0.5) is 20.2 Å². The van der Waals surface area contributed by atoms with Gasteiger partial charge in [-0.1, -0.05) is 13.3 Å². The summed E-state index contributed by atoms with van der Waals surface area (Å²) in [7, 11) is 0. The lowest BCUT2D eigenvalue weighted by molar-refractivity contribution is 0.0684. The summed E-state index contributed by atoms with van der Waals surface area (Å²) >= 11 is 0. The molecule has 248 valence electrons. The predicted molar refractivity (Wildman–Crippen MR) is 174 cm³/mol. The van der Waals surface area contributed by atoms with E-state index in [0.717, 1.165) is 12.1 Å². The maximum Gasteiger partial charge on any atom is 0.341 e. The number of hydrogen-bond donors (Lipinski definition) is 4. The maximum atomic E-state index is 15.6. The fourth-order valence-corrected chi connectivity index (χ4v) is 6.61. The number of carbonyl (C=O) groups is 2. The van der Waals surface area contributed by atoms with Crippen molar-refractivity contribution in [1.82, 2.24) is 19.8 Å². The summed E-state index contributed by atoms with van der Waals surface area (Å²) in [6.07, 6.45) is 3.08. The highest BCUT2D eigenvalue weighted by Gasteiger charge is 2.27. The SMILES string of the molecule is CCCCC(n1cc(C(=O)O)c(=O)c2cc(F)c(N3CCNCC3)cc21)n1cc(C(=O)O)c(=O)c2cc(F)c(N3CCNCC3)cc21. The summed E-state index contributed by atoms with van der Waals surface area (Å²) in [5.74, 6) is -4.36. The largest absolute Gasteiger partial charge is 0.477 e. The molecule has 0 amide bonds. The zero-order chi connectivity index (χ0) is 33.4. The van der Waals surface area contributed by atoms with Gasteiger partial charge in [0.2, 0.25) is 10.9 Å². The molecule has 0 atom stereocenters. The number of anilines is 2. The number of piperazine rings is 2. The molecule has 4 N–H and O–H groups in total. The van der Waals surface area contributed by atoms with Crippen molar-refractivity contribution in [3.63, 3.8) is 0 Å². The first kappa shape index (κ1) is 32.1. The Morgan fingerprint density at radius 3 is 1.51 bits per heavy atom. The fraction of sp³-hybridized carbons (Fsp3) is 0.394. The Hall–Kier alpha value is -4.82. The summed E-state index contributed by atoms with van der Waals surface area (Å²) in [4.78, 5) is 55.2. The Kier molecular flexibility index (Phi) is 8.97. The van der Waals surface area contributed by atoms with Crippen LogP contribution in [-0.4, -0.2) is 83.6 Å². The molecule has 0 spiro atoms. The Bertz CT molecular complexity index is 1860. The van der Waals surface area contributed by atoms with Crippen LogP contribution in [0, 0.1) is 11.6 Å². The minimum Gasteiger partial charge on any atom is -0.477 e. The highest BCUT2D eigenvalue weighted by molar-refractivity contribution is 5.95. The van der Waals surface area contributed by atoms with Gasteiger partial charge in [-0.05, 0) is 37.1 Å². The second-order valence-electron chi connectivity index (χ2n) is 11.9. The van der Waals surface area contributed by atoms with Crippen LogP contribution in [0.5, 0.6) is 0 Å². The molecule has 0 unspecified atom stereocenters. The zero-order valence-electron chi connectivity index (χ0n) is 25.9. The highest BCUT2D eigenvalue weighted by Crippen LogP contribution is 2.33. The van der Waals surface area contributed by atoms with Gasteiger partial charge in [0.25, 0.3) is 0 Å². The van der Waals surface area contributed by atoms with Gasteiger partial charge in [0.05, 0.1) is 22.4 Å². The molecule has 12 nitrogen and oxygen atoms in total. The van der Waals surface area contributed by atoms with Gasteiger partial charge in [0.1, 0.15) is 28.9 Å². The van der Waals surface area contributed by atoms with Crippen molar-refractivity contribution >= 4 is 45.1 Å². The van der Waals surface area contributed by atoms with Crippen molar-refractivity contribution in [3.8, 4) is 0 Å². The van der Waals surface area contributed by atoms with Gasteiger partial charge in [-0.3, -0.25) is 9.59 Å². The summed E-state index contributed by atoms with van der Waals surface area (Å²) in [5.41, 5.74) is -1.94. The third-order valence-electron chi connectivity index (χ3n) is 9.04. The summed E-state index contributed by atoms with van der Waals surface area (Å²) in [5, 5.41) is 26.2. The van der Waals surface area contributed by atoms with E-state index in [1.807, 2.05) is 16.7 Å². The van der Waals surface area contributed by atoms with Gasteiger partial charge in [0, 0.05) is 75.5 Å². The molecule has 0 aliphatic carbocycles. The van der Waals surface area contributed by atoms with Crippen LogP contribution in [0.2, 0.25) is 0 Å². The topological polar surface area (TPSA) is 149 Å². The lowest BCUT2D eigenvalue weighted by atomic mass is 10.1. The number of aromatic carboxylic acids is 2. The molecular weight excluding hydrogens is 614 g/mol. The van der Waals surface area contributed by atoms with Crippen LogP contribution >= 0.6 is 0 Å². The van der Waals surface area contributed by atoms with Crippen LogP contribution in [0.1, 0.15) is 53.1 Å². The number of fused-ring (bicyclic) bond motifs is 2. The Balaban J connectivity index is 1.69. The van der Waals surface area contributed by atoms with Crippen LogP contribution in [-0.2, 0) is 0 Å². The molecule has 0 saturated carbocycles. The molecule has 2 aliphatic heterocycles. The van der Waals surface area contributed by atoms with E-state index in [1.54, 1.807) is 9.13 Å². The van der Waals surface area contributed by atoms with Gasteiger partial charge in [-0.2, -0.15) is 0 Å². The molecule has 2 aliphatic rings. The van der Waals surface area contributed by atoms with Crippen LogP contribution < -0.4 is 31.3 Å². The summed E-state index contributed by atoms with van der Waals surface area (Å²) in [6.45, 7) is 6.45. The number of nitrogens with one attached hydrogen (secondary N) is 2.